The Morgan fingerprint density at radius 1 is 0.471 bits per heavy atom. The molecule has 0 aliphatic carbocycles. The van der Waals surface area contributed by atoms with E-state index in [-0.39, 0.29) is 0 Å². The van der Waals surface area contributed by atoms with Crippen LogP contribution in [0.2, 0.25) is 0 Å². The highest BCUT2D eigenvalue weighted by Gasteiger charge is 2.14. The van der Waals surface area contributed by atoms with Crippen LogP contribution < -0.4 is 5.73 Å². The Bertz CT molecular complexity index is 1820. The molecular weight excluding hydrogens is 412 g/mol. The topological polar surface area (TPSA) is 30.9 Å². The maximum Gasteiger partial charge on any atom is 0.0541 e. The summed E-state index contributed by atoms with van der Waals surface area (Å²) in [5.74, 6) is 0. The summed E-state index contributed by atoms with van der Waals surface area (Å²) in [4.78, 5) is 0. The van der Waals surface area contributed by atoms with Crippen molar-refractivity contribution in [2.45, 2.75) is 0 Å². The van der Waals surface area contributed by atoms with E-state index in [1.807, 2.05) is 0 Å². The van der Waals surface area contributed by atoms with Crippen LogP contribution in [0.3, 0.4) is 0 Å². The quantitative estimate of drug-likeness (QED) is 0.215. The second-order valence-electron chi connectivity index (χ2n) is 8.87. The third kappa shape index (κ3) is 2.76. The van der Waals surface area contributed by atoms with E-state index in [0.29, 0.717) is 0 Å². The maximum atomic E-state index is 6.53. The van der Waals surface area contributed by atoms with Gasteiger partial charge < -0.3 is 10.3 Å². The molecule has 1 heterocycles. The van der Waals surface area contributed by atoms with Crippen LogP contribution in [0.1, 0.15) is 0 Å². The highest BCUT2D eigenvalue weighted by Crippen LogP contribution is 2.38. The molecule has 0 saturated heterocycles. The van der Waals surface area contributed by atoms with Gasteiger partial charge in [-0.2, -0.15) is 0 Å². The van der Waals surface area contributed by atoms with Gasteiger partial charge in [0.05, 0.1) is 11.0 Å². The van der Waals surface area contributed by atoms with Crippen LogP contribution >= 0.6 is 0 Å². The van der Waals surface area contributed by atoms with Crippen molar-refractivity contribution in [3.63, 3.8) is 0 Å². The molecule has 0 amide bonds. The van der Waals surface area contributed by atoms with Gasteiger partial charge in [0.15, 0.2) is 0 Å². The van der Waals surface area contributed by atoms with Crippen molar-refractivity contribution in [3.8, 4) is 16.8 Å². The lowest BCUT2D eigenvalue weighted by molar-refractivity contribution is 1.18. The van der Waals surface area contributed by atoms with Gasteiger partial charge in [0.2, 0.25) is 0 Å². The van der Waals surface area contributed by atoms with Crippen molar-refractivity contribution >= 4 is 49.0 Å². The molecule has 7 rings (SSSR count). The van der Waals surface area contributed by atoms with Gasteiger partial charge in [-0.25, -0.2) is 0 Å². The van der Waals surface area contributed by atoms with E-state index in [9.17, 15) is 0 Å². The van der Waals surface area contributed by atoms with Crippen LogP contribution in [0.4, 0.5) is 5.69 Å². The van der Waals surface area contributed by atoms with Gasteiger partial charge in [0.25, 0.3) is 0 Å². The first-order valence-electron chi connectivity index (χ1n) is 11.6. The first-order chi connectivity index (χ1) is 16.8. The zero-order valence-corrected chi connectivity index (χ0v) is 18.6. The Kier molecular flexibility index (Phi) is 4.03. The molecule has 0 atom stereocenters. The maximum absolute atomic E-state index is 6.53. The SMILES string of the molecule is Nc1cc(-c2cc3ccccc3c3ccccc23)cc(-n2c3ccccc3c3ccccc32)c1. The largest absolute Gasteiger partial charge is 0.399 e. The number of aromatic nitrogens is 1. The minimum atomic E-state index is 0.756. The number of anilines is 1. The monoisotopic (exact) mass is 434 g/mol. The van der Waals surface area contributed by atoms with Crippen molar-refractivity contribution in [2.24, 2.45) is 0 Å². The van der Waals surface area contributed by atoms with Gasteiger partial charge in [-0.05, 0) is 69.1 Å². The molecule has 0 radical (unpaired) electrons. The van der Waals surface area contributed by atoms with Crippen molar-refractivity contribution in [1.82, 2.24) is 4.57 Å². The molecule has 1 aromatic heterocycles. The van der Waals surface area contributed by atoms with Crippen LogP contribution in [-0.4, -0.2) is 4.57 Å². The number of nitrogen functional groups attached to an aromatic ring is 1. The Hall–Kier alpha value is -4.56. The molecule has 0 unspecified atom stereocenters. The molecule has 0 fully saturated rings. The Morgan fingerprint density at radius 3 is 1.74 bits per heavy atom. The fourth-order valence-corrected chi connectivity index (χ4v) is 5.41. The molecule has 0 bridgehead atoms. The lowest BCUT2D eigenvalue weighted by Gasteiger charge is -2.15. The predicted molar refractivity (Wildman–Crippen MR) is 146 cm³/mol. The van der Waals surface area contributed by atoms with Gasteiger partial charge in [-0.15, -0.1) is 0 Å². The Morgan fingerprint density at radius 2 is 1.03 bits per heavy atom. The third-order valence-corrected chi connectivity index (χ3v) is 6.86. The van der Waals surface area contributed by atoms with E-state index >= 15 is 0 Å². The minimum absolute atomic E-state index is 0.756. The highest BCUT2D eigenvalue weighted by atomic mass is 15.0. The standard InChI is InChI=1S/C32H22N2/c33-23-17-22(30-19-21-9-1-2-10-25(21)26-11-3-4-12-27(26)30)18-24(20-23)34-31-15-7-5-13-28(31)29-14-6-8-16-32(29)34/h1-20H,33H2. The summed E-state index contributed by atoms with van der Waals surface area (Å²) in [5, 5.41) is 7.50. The second kappa shape index (κ2) is 7.23. The van der Waals surface area contributed by atoms with E-state index in [2.05, 4.69) is 126 Å². The Labute approximate surface area is 197 Å². The number of rotatable bonds is 2. The average molecular weight is 435 g/mol. The van der Waals surface area contributed by atoms with Gasteiger partial charge >= 0.3 is 0 Å². The molecule has 0 spiro atoms. The Balaban J connectivity index is 1.56. The fourth-order valence-electron chi connectivity index (χ4n) is 5.41. The summed E-state index contributed by atoms with van der Waals surface area (Å²) in [6.45, 7) is 0. The minimum Gasteiger partial charge on any atom is -0.399 e. The molecule has 0 saturated carbocycles. The first-order valence-corrected chi connectivity index (χ1v) is 11.6. The molecule has 0 aliphatic heterocycles. The molecule has 0 aliphatic rings. The second-order valence-corrected chi connectivity index (χ2v) is 8.87. The van der Waals surface area contributed by atoms with Crippen LogP contribution in [0.25, 0.3) is 60.2 Å². The van der Waals surface area contributed by atoms with Crippen LogP contribution in [0.5, 0.6) is 0 Å². The number of nitrogens with zero attached hydrogens (tertiary/aromatic N) is 1. The average Bonchev–Trinajstić information content (AvgIpc) is 3.22. The molecule has 160 valence electrons. The number of nitrogens with two attached hydrogens (primary N) is 1. The van der Waals surface area contributed by atoms with Crippen molar-refractivity contribution < 1.29 is 0 Å². The predicted octanol–water partition coefficient (Wildman–Crippen LogP) is 8.34. The van der Waals surface area contributed by atoms with E-state index in [1.165, 1.54) is 48.9 Å². The molecule has 2 N–H and O–H groups in total. The smallest absolute Gasteiger partial charge is 0.0541 e. The molecule has 2 nitrogen and oxygen atoms in total. The highest BCUT2D eigenvalue weighted by molar-refractivity contribution is 6.14. The zero-order chi connectivity index (χ0) is 22.6. The molecule has 2 heteroatoms. The lowest BCUT2D eigenvalue weighted by atomic mass is 9.93. The van der Waals surface area contributed by atoms with Crippen molar-refractivity contribution in [2.75, 3.05) is 5.73 Å². The van der Waals surface area contributed by atoms with E-state index in [1.54, 1.807) is 0 Å². The van der Waals surface area contributed by atoms with Crippen LogP contribution in [-0.2, 0) is 0 Å². The number of hydrogen-bond acceptors (Lipinski definition) is 1. The summed E-state index contributed by atoms with van der Waals surface area (Å²) in [6, 6.07) is 43.1. The summed E-state index contributed by atoms with van der Waals surface area (Å²) in [6.07, 6.45) is 0. The van der Waals surface area contributed by atoms with E-state index < -0.39 is 0 Å². The normalized spacial score (nSPS) is 11.6. The number of fused-ring (bicyclic) bond motifs is 6. The number of benzene rings is 6. The lowest BCUT2D eigenvalue weighted by Crippen LogP contribution is -1.97. The van der Waals surface area contributed by atoms with Gasteiger partial charge in [-0.1, -0.05) is 84.9 Å². The van der Waals surface area contributed by atoms with Gasteiger partial charge in [-0.3, -0.25) is 0 Å². The van der Waals surface area contributed by atoms with Crippen LogP contribution in [0.15, 0.2) is 121 Å². The summed E-state index contributed by atoms with van der Waals surface area (Å²) < 4.78 is 2.33. The van der Waals surface area contributed by atoms with E-state index in [0.717, 1.165) is 16.9 Å². The number of para-hydroxylation sites is 2. The summed E-state index contributed by atoms with van der Waals surface area (Å²) >= 11 is 0. The third-order valence-electron chi connectivity index (χ3n) is 6.86. The first kappa shape index (κ1) is 19.0. The van der Waals surface area contributed by atoms with Crippen molar-refractivity contribution in [3.05, 3.63) is 121 Å². The van der Waals surface area contributed by atoms with E-state index in [4.69, 9.17) is 5.73 Å². The van der Waals surface area contributed by atoms with Gasteiger partial charge in [0.1, 0.15) is 0 Å². The molecule has 34 heavy (non-hydrogen) atoms. The van der Waals surface area contributed by atoms with Gasteiger partial charge in [0, 0.05) is 22.1 Å². The fraction of sp³-hybridized carbons (Fsp3) is 0. The van der Waals surface area contributed by atoms with Crippen LogP contribution in [0, 0.1) is 0 Å². The molecule has 7 aromatic rings. The molecular formula is C32H22N2. The van der Waals surface area contributed by atoms with Crippen molar-refractivity contribution in [1.29, 1.82) is 0 Å². The number of hydrogen-bond donors (Lipinski definition) is 1. The molecule has 6 aromatic carbocycles. The summed E-state index contributed by atoms with van der Waals surface area (Å²) in [7, 11) is 0. The zero-order valence-electron chi connectivity index (χ0n) is 18.6. The summed E-state index contributed by atoms with van der Waals surface area (Å²) in [5.41, 5.74) is 13.1.